The molecule has 1 fully saturated rings. The molecule has 1 aliphatic rings. The first-order chi connectivity index (χ1) is 9.54. The van der Waals surface area contributed by atoms with Crippen molar-refractivity contribution in [1.82, 2.24) is 9.80 Å². The summed E-state index contributed by atoms with van der Waals surface area (Å²) in [6.45, 7) is 3.54. The van der Waals surface area contributed by atoms with Crippen LogP contribution in [-0.2, 0) is 0 Å². The maximum absolute atomic E-state index is 12.6. The maximum Gasteiger partial charge on any atom is 0.265 e. The number of likely N-dealkylation sites (N-methyl/N-ethyl adjacent to an activating group) is 1. The number of carbonyl (C=O) groups excluding carboxylic acids is 1. The van der Waals surface area contributed by atoms with Gasteiger partial charge in [0.2, 0.25) is 0 Å². The van der Waals surface area contributed by atoms with E-state index < -0.39 is 0 Å². The van der Waals surface area contributed by atoms with Crippen LogP contribution in [0.5, 0.6) is 0 Å². The Balaban J connectivity index is 2.15. The van der Waals surface area contributed by atoms with Crippen LogP contribution in [0.2, 0.25) is 0 Å². The van der Waals surface area contributed by atoms with Crippen LogP contribution in [0.15, 0.2) is 11.4 Å². The molecule has 0 spiro atoms. The van der Waals surface area contributed by atoms with E-state index in [1.807, 2.05) is 16.3 Å². The highest BCUT2D eigenvalue weighted by Gasteiger charge is 2.34. The highest BCUT2D eigenvalue weighted by molar-refractivity contribution is 7.12. The molecule has 0 bridgehead atoms. The SMILES string of the molecule is CC1CN(C(=O)c2sccc2C#CCO)CC1N(C)C. The molecule has 2 atom stereocenters. The minimum absolute atomic E-state index is 0.0541. The Labute approximate surface area is 124 Å². The summed E-state index contributed by atoms with van der Waals surface area (Å²) in [5.74, 6) is 5.98. The first-order valence-electron chi connectivity index (χ1n) is 6.67. The number of amides is 1. The molecule has 2 unspecified atom stereocenters. The number of carbonyl (C=O) groups is 1. The fourth-order valence-electron chi connectivity index (χ4n) is 2.64. The Hall–Kier alpha value is -1.35. The largest absolute Gasteiger partial charge is 0.384 e. The Morgan fingerprint density at radius 1 is 1.55 bits per heavy atom. The zero-order valence-corrected chi connectivity index (χ0v) is 12.9. The van der Waals surface area contributed by atoms with Crippen LogP contribution in [-0.4, -0.2) is 60.6 Å². The third-order valence-corrected chi connectivity index (χ3v) is 4.59. The number of nitrogens with zero attached hydrogens (tertiary/aromatic N) is 2. The van der Waals surface area contributed by atoms with Crippen LogP contribution in [0, 0.1) is 17.8 Å². The lowest BCUT2D eigenvalue weighted by atomic mass is 10.1. The Kier molecular flexibility index (Phi) is 4.81. The van der Waals surface area contributed by atoms with E-state index in [1.54, 1.807) is 0 Å². The fourth-order valence-corrected chi connectivity index (χ4v) is 3.46. The Bertz CT molecular complexity index is 542. The second-order valence-electron chi connectivity index (χ2n) is 5.34. The summed E-state index contributed by atoms with van der Waals surface area (Å²) >= 11 is 1.42. The second kappa shape index (κ2) is 6.40. The monoisotopic (exact) mass is 292 g/mol. The number of rotatable bonds is 2. The van der Waals surface area contributed by atoms with Crippen LogP contribution < -0.4 is 0 Å². The molecule has 1 aromatic heterocycles. The van der Waals surface area contributed by atoms with Gasteiger partial charge in [0, 0.05) is 24.7 Å². The van der Waals surface area contributed by atoms with Crippen LogP contribution in [0.4, 0.5) is 0 Å². The van der Waals surface area contributed by atoms with Gasteiger partial charge in [0.1, 0.15) is 11.5 Å². The van der Waals surface area contributed by atoms with E-state index in [1.165, 1.54) is 11.3 Å². The summed E-state index contributed by atoms with van der Waals surface area (Å²) in [6.07, 6.45) is 0. The van der Waals surface area contributed by atoms with Crippen molar-refractivity contribution in [3.63, 3.8) is 0 Å². The molecule has 2 heterocycles. The van der Waals surface area contributed by atoms with E-state index in [2.05, 4.69) is 37.8 Å². The lowest BCUT2D eigenvalue weighted by Crippen LogP contribution is -2.35. The predicted molar refractivity (Wildman–Crippen MR) is 80.8 cm³/mol. The predicted octanol–water partition coefficient (Wildman–Crippen LogP) is 1.11. The van der Waals surface area contributed by atoms with E-state index in [9.17, 15) is 4.79 Å². The van der Waals surface area contributed by atoms with Crippen LogP contribution >= 0.6 is 11.3 Å². The van der Waals surface area contributed by atoms with Crippen molar-refractivity contribution in [2.24, 2.45) is 5.92 Å². The summed E-state index contributed by atoms with van der Waals surface area (Å²) in [4.78, 5) is 17.4. The molecule has 1 amide bonds. The Morgan fingerprint density at radius 2 is 2.30 bits per heavy atom. The van der Waals surface area contributed by atoms with Gasteiger partial charge in [-0.3, -0.25) is 4.79 Å². The Morgan fingerprint density at radius 3 is 2.90 bits per heavy atom. The average Bonchev–Trinajstić information content (AvgIpc) is 3.01. The normalized spacial score (nSPS) is 21.9. The van der Waals surface area contributed by atoms with Gasteiger partial charge in [-0.1, -0.05) is 18.8 Å². The van der Waals surface area contributed by atoms with Crippen molar-refractivity contribution in [3.05, 3.63) is 21.9 Å². The van der Waals surface area contributed by atoms with Gasteiger partial charge in [0.15, 0.2) is 0 Å². The maximum atomic E-state index is 12.6. The van der Waals surface area contributed by atoms with E-state index in [4.69, 9.17) is 5.11 Å². The molecule has 4 nitrogen and oxygen atoms in total. The summed E-state index contributed by atoms with van der Waals surface area (Å²) < 4.78 is 0. The summed E-state index contributed by atoms with van der Waals surface area (Å²) in [5.41, 5.74) is 0.718. The van der Waals surface area contributed by atoms with E-state index in [0.717, 1.165) is 18.7 Å². The van der Waals surface area contributed by atoms with Gasteiger partial charge >= 0.3 is 0 Å². The standard InChI is InChI=1S/C15H20N2O2S/c1-11-9-17(10-13(11)16(2)3)15(19)14-12(5-4-7-18)6-8-20-14/h6,8,11,13,18H,7,9-10H2,1-3H3. The number of aliphatic hydroxyl groups is 1. The zero-order chi connectivity index (χ0) is 14.7. The van der Waals surface area contributed by atoms with Crippen molar-refractivity contribution in [2.75, 3.05) is 33.8 Å². The van der Waals surface area contributed by atoms with E-state index in [-0.39, 0.29) is 12.5 Å². The third kappa shape index (κ3) is 3.04. The highest BCUT2D eigenvalue weighted by Crippen LogP contribution is 2.25. The van der Waals surface area contributed by atoms with Crippen LogP contribution in [0.25, 0.3) is 0 Å². The molecule has 1 saturated heterocycles. The zero-order valence-electron chi connectivity index (χ0n) is 12.1. The van der Waals surface area contributed by atoms with Gasteiger partial charge < -0.3 is 14.9 Å². The summed E-state index contributed by atoms with van der Waals surface area (Å²) in [6, 6.07) is 2.25. The molecular formula is C15H20N2O2S. The van der Waals surface area contributed by atoms with Crippen molar-refractivity contribution in [2.45, 2.75) is 13.0 Å². The van der Waals surface area contributed by atoms with E-state index in [0.29, 0.717) is 16.8 Å². The number of hydrogen-bond donors (Lipinski definition) is 1. The lowest BCUT2D eigenvalue weighted by molar-refractivity contribution is 0.0786. The van der Waals surface area contributed by atoms with Crippen molar-refractivity contribution in [3.8, 4) is 11.8 Å². The molecule has 0 aromatic carbocycles. The highest BCUT2D eigenvalue weighted by atomic mass is 32.1. The van der Waals surface area contributed by atoms with Gasteiger partial charge in [-0.25, -0.2) is 0 Å². The first-order valence-corrected chi connectivity index (χ1v) is 7.55. The molecule has 2 rings (SSSR count). The summed E-state index contributed by atoms with van der Waals surface area (Å²) in [7, 11) is 4.11. The second-order valence-corrected chi connectivity index (χ2v) is 6.26. The quantitative estimate of drug-likeness (QED) is 0.831. The summed E-state index contributed by atoms with van der Waals surface area (Å²) in [5, 5.41) is 10.6. The molecule has 0 radical (unpaired) electrons. The van der Waals surface area contributed by atoms with Gasteiger partial charge in [0.05, 0.1) is 0 Å². The molecule has 108 valence electrons. The van der Waals surface area contributed by atoms with Crippen molar-refractivity contribution >= 4 is 17.2 Å². The number of aliphatic hydroxyl groups excluding tert-OH is 1. The average molecular weight is 292 g/mol. The third-order valence-electron chi connectivity index (χ3n) is 3.68. The number of likely N-dealkylation sites (tertiary alicyclic amines) is 1. The molecule has 0 aliphatic carbocycles. The fraction of sp³-hybridized carbons (Fsp3) is 0.533. The minimum Gasteiger partial charge on any atom is -0.384 e. The smallest absolute Gasteiger partial charge is 0.265 e. The molecule has 20 heavy (non-hydrogen) atoms. The first kappa shape index (κ1) is 15.0. The van der Waals surface area contributed by atoms with Crippen LogP contribution in [0.1, 0.15) is 22.2 Å². The van der Waals surface area contributed by atoms with Gasteiger partial charge in [0.25, 0.3) is 5.91 Å². The molecule has 1 aliphatic heterocycles. The topological polar surface area (TPSA) is 43.8 Å². The van der Waals surface area contributed by atoms with Gasteiger partial charge in [-0.2, -0.15) is 0 Å². The molecule has 1 aromatic rings. The number of thiophene rings is 1. The van der Waals surface area contributed by atoms with Gasteiger partial charge in [-0.15, -0.1) is 11.3 Å². The van der Waals surface area contributed by atoms with Crippen molar-refractivity contribution < 1.29 is 9.90 Å². The lowest BCUT2D eigenvalue weighted by Gasteiger charge is -2.22. The molecule has 1 N–H and O–H groups in total. The number of hydrogen-bond acceptors (Lipinski definition) is 4. The van der Waals surface area contributed by atoms with Crippen LogP contribution in [0.3, 0.4) is 0 Å². The molecular weight excluding hydrogens is 272 g/mol. The molecule has 0 saturated carbocycles. The van der Waals surface area contributed by atoms with E-state index >= 15 is 0 Å². The van der Waals surface area contributed by atoms with Crippen molar-refractivity contribution in [1.29, 1.82) is 0 Å². The molecule has 5 heteroatoms. The minimum atomic E-state index is -0.188. The van der Waals surface area contributed by atoms with Gasteiger partial charge in [-0.05, 0) is 31.5 Å².